The van der Waals surface area contributed by atoms with Crippen LogP contribution < -0.4 is 4.31 Å². The normalized spacial score (nSPS) is 29.0. The van der Waals surface area contributed by atoms with Crippen LogP contribution in [0.1, 0.15) is 58.9 Å². The molecule has 3 atom stereocenters. The second-order valence-corrected chi connectivity index (χ2v) is 9.33. The maximum absolute atomic E-state index is 11.6. The second kappa shape index (κ2) is 7.99. The fraction of sp³-hybridized carbons (Fsp3) is 0.714. The number of rotatable bonds is 9. The lowest BCUT2D eigenvalue weighted by atomic mass is 9.92. The van der Waals surface area contributed by atoms with Crippen LogP contribution in [-0.4, -0.2) is 39.3 Å². The van der Waals surface area contributed by atoms with E-state index in [4.69, 9.17) is 0 Å². The minimum atomic E-state index is -2.24. The van der Waals surface area contributed by atoms with Gasteiger partial charge in [0.25, 0.3) is 0 Å². The second-order valence-electron chi connectivity index (χ2n) is 8.50. The minimum Gasteiger partial charge on any atom is -0.755 e. The van der Waals surface area contributed by atoms with E-state index >= 15 is 0 Å². The molecule has 1 saturated carbocycles. The van der Waals surface area contributed by atoms with Crippen molar-refractivity contribution in [2.24, 2.45) is 11.8 Å². The number of piperidine rings is 1. The Balaban J connectivity index is 1.65. The summed E-state index contributed by atoms with van der Waals surface area (Å²) in [7, 11) is 0. The Bertz CT molecular complexity index is 637. The summed E-state index contributed by atoms with van der Waals surface area (Å²) in [5.41, 5.74) is 2.29. The summed E-state index contributed by atoms with van der Waals surface area (Å²) in [6.45, 7) is 12.1. The number of anilines is 1. The first-order valence-electron chi connectivity index (χ1n) is 10.1. The highest BCUT2D eigenvalue weighted by molar-refractivity contribution is 7.80. The molecule has 4 nitrogen and oxygen atoms in total. The van der Waals surface area contributed by atoms with Gasteiger partial charge in [-0.25, -0.2) is 0 Å². The van der Waals surface area contributed by atoms with Crippen LogP contribution in [0.15, 0.2) is 24.3 Å². The monoisotopic (exact) mass is 377 g/mol. The Kier molecular flexibility index (Phi) is 6.10. The lowest BCUT2D eigenvalue weighted by molar-refractivity contribution is 0.271. The molecule has 146 valence electrons. The molecule has 0 spiro atoms. The zero-order valence-corrected chi connectivity index (χ0v) is 17.4. The Morgan fingerprint density at radius 3 is 2.54 bits per heavy atom. The van der Waals surface area contributed by atoms with E-state index in [1.165, 1.54) is 55.2 Å². The van der Waals surface area contributed by atoms with Crippen LogP contribution in [0.4, 0.5) is 5.69 Å². The lowest BCUT2D eigenvalue weighted by Crippen LogP contribution is -2.33. The minimum absolute atomic E-state index is 0.0753. The molecule has 5 heteroatoms. The number of fused-ring (bicyclic) bond motifs is 1. The van der Waals surface area contributed by atoms with Gasteiger partial charge in [0.05, 0.1) is 0 Å². The van der Waals surface area contributed by atoms with Crippen LogP contribution in [-0.2, 0) is 16.7 Å². The number of hydrogen-bond acceptors (Lipinski definition) is 3. The maximum Gasteiger partial charge on any atom is 0.0488 e. The molecule has 0 aromatic heterocycles. The summed E-state index contributed by atoms with van der Waals surface area (Å²) >= 11 is -2.24. The molecule has 1 saturated heterocycles. The first-order chi connectivity index (χ1) is 12.4. The molecule has 1 aromatic carbocycles. The summed E-state index contributed by atoms with van der Waals surface area (Å²) in [4.78, 5) is 2.63. The van der Waals surface area contributed by atoms with Gasteiger partial charge in [-0.2, -0.15) is 0 Å². The first-order valence-corrected chi connectivity index (χ1v) is 11.1. The predicted octanol–water partition coefficient (Wildman–Crippen LogP) is 4.10. The molecule has 1 aliphatic heterocycles. The fourth-order valence-corrected chi connectivity index (χ4v) is 5.50. The smallest absolute Gasteiger partial charge is 0.0488 e. The van der Waals surface area contributed by atoms with E-state index in [2.05, 4.69) is 30.9 Å². The summed E-state index contributed by atoms with van der Waals surface area (Å²) in [5.74, 6) is 1.43. The summed E-state index contributed by atoms with van der Waals surface area (Å²) in [6, 6.07) is 8.11. The predicted molar refractivity (Wildman–Crippen MR) is 108 cm³/mol. The van der Waals surface area contributed by atoms with Gasteiger partial charge in [0.1, 0.15) is 0 Å². The molecule has 0 N–H and O–H groups in total. The van der Waals surface area contributed by atoms with Crippen molar-refractivity contribution in [1.82, 2.24) is 4.90 Å². The van der Waals surface area contributed by atoms with Crippen LogP contribution >= 0.6 is 0 Å². The molecular weight excluding hydrogens is 344 g/mol. The van der Waals surface area contributed by atoms with E-state index in [0.29, 0.717) is 11.8 Å². The molecule has 2 fully saturated rings. The highest BCUT2D eigenvalue weighted by atomic mass is 32.2. The third-order valence-corrected chi connectivity index (χ3v) is 7.46. The van der Waals surface area contributed by atoms with Gasteiger partial charge in [-0.15, -0.1) is 0 Å². The Labute approximate surface area is 161 Å². The van der Waals surface area contributed by atoms with E-state index in [1.54, 1.807) is 0 Å². The van der Waals surface area contributed by atoms with Crippen LogP contribution in [0.2, 0.25) is 0 Å². The molecule has 26 heavy (non-hydrogen) atoms. The van der Waals surface area contributed by atoms with Crippen molar-refractivity contribution >= 4 is 17.0 Å². The van der Waals surface area contributed by atoms with Crippen molar-refractivity contribution in [2.45, 2.75) is 64.8 Å². The molecule has 3 unspecified atom stereocenters. The average molecular weight is 378 g/mol. The van der Waals surface area contributed by atoms with Gasteiger partial charge in [-0.1, -0.05) is 45.2 Å². The molecule has 0 amide bonds. The van der Waals surface area contributed by atoms with E-state index in [9.17, 15) is 8.76 Å². The van der Waals surface area contributed by atoms with Gasteiger partial charge in [-0.05, 0) is 56.3 Å². The van der Waals surface area contributed by atoms with Crippen molar-refractivity contribution in [1.29, 1.82) is 0 Å². The molecule has 1 heterocycles. The maximum atomic E-state index is 11.6. The average Bonchev–Trinajstić information content (AvgIpc) is 2.94. The lowest BCUT2D eigenvalue weighted by Gasteiger charge is -2.31. The Morgan fingerprint density at radius 1 is 1.27 bits per heavy atom. The SMILES string of the molecule is CCCCCCN1CC2C(C1)C2(C)c1cccc(N(C(C)C)S(=O)[O-])c1. The van der Waals surface area contributed by atoms with Gasteiger partial charge >= 0.3 is 0 Å². The van der Waals surface area contributed by atoms with Crippen molar-refractivity contribution < 1.29 is 8.76 Å². The standard InChI is InChI=1S/C21H34N2O2S/c1-5-6-7-8-12-22-14-19-20(15-22)21(19,4)17-10-9-11-18(13-17)23(16(2)3)26(24)25/h9-11,13,16,19-20H,5-8,12,14-15H2,1-4H3,(H,24,25)/p-1. The topological polar surface area (TPSA) is 46.6 Å². The van der Waals surface area contributed by atoms with Crippen molar-refractivity contribution in [3.8, 4) is 0 Å². The van der Waals surface area contributed by atoms with Crippen LogP contribution in [0.5, 0.6) is 0 Å². The molecule has 2 aliphatic rings. The van der Waals surface area contributed by atoms with Crippen LogP contribution in [0, 0.1) is 11.8 Å². The number of nitrogens with zero attached hydrogens (tertiary/aromatic N) is 2. The number of benzene rings is 1. The van der Waals surface area contributed by atoms with Gasteiger partial charge in [0, 0.05) is 41.5 Å². The summed E-state index contributed by atoms with van der Waals surface area (Å²) in [5, 5.41) is 0. The van der Waals surface area contributed by atoms with E-state index < -0.39 is 11.3 Å². The zero-order valence-electron chi connectivity index (χ0n) is 16.6. The highest BCUT2D eigenvalue weighted by Gasteiger charge is 2.65. The van der Waals surface area contributed by atoms with Crippen molar-refractivity contribution in [3.63, 3.8) is 0 Å². The van der Waals surface area contributed by atoms with Gasteiger partial charge in [-0.3, -0.25) is 4.21 Å². The van der Waals surface area contributed by atoms with E-state index in [-0.39, 0.29) is 11.5 Å². The third kappa shape index (κ3) is 3.71. The fourth-order valence-electron chi connectivity index (χ4n) is 4.87. The molecule has 0 radical (unpaired) electrons. The zero-order chi connectivity index (χ0) is 18.9. The largest absolute Gasteiger partial charge is 0.755 e. The van der Waals surface area contributed by atoms with E-state index in [1.807, 2.05) is 26.0 Å². The Hall–Kier alpha value is -0.910. The number of unbranched alkanes of at least 4 members (excludes halogenated alkanes) is 3. The van der Waals surface area contributed by atoms with E-state index in [0.717, 1.165) is 5.69 Å². The van der Waals surface area contributed by atoms with Gasteiger partial charge in [0.2, 0.25) is 0 Å². The quantitative estimate of drug-likeness (QED) is 0.481. The first kappa shape index (κ1) is 19.8. The molecule has 1 aliphatic carbocycles. The van der Waals surface area contributed by atoms with Crippen molar-refractivity contribution in [2.75, 3.05) is 23.9 Å². The summed E-state index contributed by atoms with van der Waals surface area (Å²) in [6.07, 6.45) is 5.30. The Morgan fingerprint density at radius 2 is 1.96 bits per heavy atom. The van der Waals surface area contributed by atoms with Gasteiger partial charge in [0.15, 0.2) is 0 Å². The van der Waals surface area contributed by atoms with Crippen molar-refractivity contribution in [3.05, 3.63) is 29.8 Å². The number of hydrogen-bond donors (Lipinski definition) is 0. The highest BCUT2D eigenvalue weighted by Crippen LogP contribution is 2.63. The molecule has 1 aromatic rings. The summed E-state index contributed by atoms with van der Waals surface area (Å²) < 4.78 is 24.7. The van der Waals surface area contributed by atoms with Crippen LogP contribution in [0.25, 0.3) is 0 Å². The third-order valence-electron chi connectivity index (χ3n) is 6.51. The molecule has 3 rings (SSSR count). The molecule has 0 bridgehead atoms. The number of likely N-dealkylation sites (tertiary alicyclic amines) is 1. The molecular formula is C21H33N2O2S-. The van der Waals surface area contributed by atoms with Gasteiger partial charge < -0.3 is 13.8 Å². The van der Waals surface area contributed by atoms with Crippen LogP contribution in [0.3, 0.4) is 0 Å².